The van der Waals surface area contributed by atoms with Crippen LogP contribution < -0.4 is 10.1 Å². The van der Waals surface area contributed by atoms with Crippen LogP contribution in [0.25, 0.3) is 0 Å². The molecule has 2 rings (SSSR count). The number of hydrogen-bond acceptors (Lipinski definition) is 2. The van der Waals surface area contributed by atoms with Crippen molar-refractivity contribution < 1.29 is 4.74 Å². The molecule has 2 nitrogen and oxygen atoms in total. The molecule has 1 aromatic carbocycles. The summed E-state index contributed by atoms with van der Waals surface area (Å²) < 4.78 is 5.95. The number of benzene rings is 1. The van der Waals surface area contributed by atoms with Crippen molar-refractivity contribution in [1.82, 2.24) is 5.32 Å². The predicted molar refractivity (Wildman–Crippen MR) is 85.2 cm³/mol. The molecule has 0 heterocycles. The van der Waals surface area contributed by atoms with E-state index >= 15 is 0 Å². The molecule has 0 bridgehead atoms. The highest BCUT2D eigenvalue weighted by Gasteiger charge is 2.28. The Morgan fingerprint density at radius 3 is 2.80 bits per heavy atom. The second-order valence-electron chi connectivity index (χ2n) is 6.18. The van der Waals surface area contributed by atoms with Crippen molar-refractivity contribution in [2.45, 2.75) is 52.0 Å². The first-order valence-electron chi connectivity index (χ1n) is 8.15. The predicted octanol–water partition coefficient (Wildman–Crippen LogP) is 4.56. The fourth-order valence-corrected chi connectivity index (χ4v) is 3.51. The average molecular weight is 275 g/mol. The van der Waals surface area contributed by atoms with Crippen LogP contribution in [-0.2, 0) is 0 Å². The molecule has 1 aliphatic rings. The van der Waals surface area contributed by atoms with Crippen LogP contribution >= 0.6 is 0 Å². The van der Waals surface area contributed by atoms with Crippen molar-refractivity contribution in [3.63, 3.8) is 0 Å². The van der Waals surface area contributed by atoms with E-state index in [1.54, 1.807) is 0 Å². The quantitative estimate of drug-likeness (QED) is 0.821. The Balaban J connectivity index is 2.17. The third-order valence-corrected chi connectivity index (χ3v) is 4.48. The second kappa shape index (κ2) is 7.68. The highest BCUT2D eigenvalue weighted by atomic mass is 16.5. The van der Waals surface area contributed by atoms with E-state index in [-0.39, 0.29) is 0 Å². The van der Waals surface area contributed by atoms with E-state index < -0.39 is 0 Å². The number of hydrogen-bond donors (Lipinski definition) is 1. The first-order valence-corrected chi connectivity index (χ1v) is 8.15. The normalized spacial score (nSPS) is 24.4. The molecule has 20 heavy (non-hydrogen) atoms. The van der Waals surface area contributed by atoms with Gasteiger partial charge in [-0.3, -0.25) is 0 Å². The van der Waals surface area contributed by atoms with Crippen molar-refractivity contribution in [2.75, 3.05) is 13.7 Å². The molecule has 1 aliphatic carbocycles. The summed E-state index contributed by atoms with van der Waals surface area (Å²) in [6, 6.07) is 8.97. The van der Waals surface area contributed by atoms with Gasteiger partial charge in [-0.15, -0.1) is 0 Å². The lowest BCUT2D eigenvalue weighted by atomic mass is 9.76. The maximum atomic E-state index is 5.95. The van der Waals surface area contributed by atoms with Gasteiger partial charge in [-0.05, 0) is 44.2 Å². The molecule has 0 aromatic heterocycles. The molecular weight excluding hydrogens is 246 g/mol. The van der Waals surface area contributed by atoms with Crippen LogP contribution in [0.2, 0.25) is 0 Å². The zero-order valence-electron chi connectivity index (χ0n) is 13.2. The lowest BCUT2D eigenvalue weighted by molar-refractivity contribution is 0.224. The van der Waals surface area contributed by atoms with Crippen LogP contribution in [0.3, 0.4) is 0 Å². The molecule has 0 spiro atoms. The minimum Gasteiger partial charge on any atom is -0.493 e. The van der Waals surface area contributed by atoms with Crippen molar-refractivity contribution in [2.24, 2.45) is 11.8 Å². The molecule has 0 saturated heterocycles. The largest absolute Gasteiger partial charge is 0.493 e. The smallest absolute Gasteiger partial charge is 0.124 e. The Hall–Kier alpha value is -1.02. The zero-order valence-corrected chi connectivity index (χ0v) is 13.2. The van der Waals surface area contributed by atoms with Crippen LogP contribution in [-0.4, -0.2) is 13.7 Å². The fourth-order valence-electron chi connectivity index (χ4n) is 3.51. The van der Waals surface area contributed by atoms with E-state index in [1.165, 1.54) is 31.2 Å². The summed E-state index contributed by atoms with van der Waals surface area (Å²) in [7, 11) is 2.08. The molecule has 0 aliphatic heterocycles. The number of ether oxygens (including phenoxy) is 1. The summed E-state index contributed by atoms with van der Waals surface area (Å²) in [6.45, 7) is 5.34. The SMILES string of the molecule is CCCOc1ccccc1C(NC)C1CCCC(C)C1. The lowest BCUT2D eigenvalue weighted by Gasteiger charge is -2.34. The lowest BCUT2D eigenvalue weighted by Crippen LogP contribution is -2.29. The average Bonchev–Trinajstić information content (AvgIpc) is 2.47. The van der Waals surface area contributed by atoms with Crippen molar-refractivity contribution in [3.8, 4) is 5.75 Å². The van der Waals surface area contributed by atoms with Crippen LogP contribution in [0.5, 0.6) is 5.75 Å². The topological polar surface area (TPSA) is 21.3 Å². The molecule has 0 radical (unpaired) electrons. The van der Waals surface area contributed by atoms with Gasteiger partial charge in [0.05, 0.1) is 6.61 Å². The highest BCUT2D eigenvalue weighted by molar-refractivity contribution is 5.36. The van der Waals surface area contributed by atoms with Gasteiger partial charge in [-0.2, -0.15) is 0 Å². The Kier molecular flexibility index (Phi) is 5.90. The van der Waals surface area contributed by atoms with Crippen LogP contribution in [0.15, 0.2) is 24.3 Å². The third-order valence-electron chi connectivity index (χ3n) is 4.48. The Bertz CT molecular complexity index is 404. The van der Waals surface area contributed by atoms with E-state index in [1.807, 2.05) is 0 Å². The van der Waals surface area contributed by atoms with Gasteiger partial charge < -0.3 is 10.1 Å². The van der Waals surface area contributed by atoms with Gasteiger partial charge in [0.25, 0.3) is 0 Å². The van der Waals surface area contributed by atoms with Crippen molar-refractivity contribution in [1.29, 1.82) is 0 Å². The van der Waals surface area contributed by atoms with E-state index in [0.717, 1.165) is 30.6 Å². The molecule has 0 amide bonds. The van der Waals surface area contributed by atoms with E-state index in [0.29, 0.717) is 6.04 Å². The standard InChI is InChI=1S/C18H29NO/c1-4-12-20-17-11-6-5-10-16(17)18(19-3)15-9-7-8-14(2)13-15/h5-6,10-11,14-15,18-19H,4,7-9,12-13H2,1-3H3. The maximum absolute atomic E-state index is 5.95. The molecule has 1 aromatic rings. The van der Waals surface area contributed by atoms with E-state index in [2.05, 4.69) is 50.5 Å². The molecule has 112 valence electrons. The van der Waals surface area contributed by atoms with E-state index in [4.69, 9.17) is 4.74 Å². The summed E-state index contributed by atoms with van der Waals surface area (Å²) >= 11 is 0. The van der Waals surface area contributed by atoms with E-state index in [9.17, 15) is 0 Å². The number of rotatable bonds is 6. The molecule has 1 N–H and O–H groups in total. The molecule has 3 unspecified atom stereocenters. The van der Waals surface area contributed by atoms with Crippen molar-refractivity contribution in [3.05, 3.63) is 29.8 Å². The number of para-hydroxylation sites is 1. The van der Waals surface area contributed by atoms with Gasteiger partial charge >= 0.3 is 0 Å². The first kappa shape index (κ1) is 15.4. The van der Waals surface area contributed by atoms with Gasteiger partial charge in [-0.1, -0.05) is 44.9 Å². The summed E-state index contributed by atoms with van der Waals surface area (Å²) in [4.78, 5) is 0. The van der Waals surface area contributed by atoms with Crippen molar-refractivity contribution >= 4 is 0 Å². The minimum absolute atomic E-state index is 0.422. The number of nitrogens with one attached hydrogen (secondary N) is 1. The Morgan fingerprint density at radius 2 is 2.10 bits per heavy atom. The van der Waals surface area contributed by atoms with Gasteiger partial charge in [-0.25, -0.2) is 0 Å². The Labute approximate surface area is 123 Å². The van der Waals surface area contributed by atoms with Crippen LogP contribution in [0.4, 0.5) is 0 Å². The Morgan fingerprint density at radius 1 is 1.30 bits per heavy atom. The molecular formula is C18H29NO. The van der Waals surface area contributed by atoms with Crippen LogP contribution in [0, 0.1) is 11.8 Å². The van der Waals surface area contributed by atoms with Gasteiger partial charge in [0.1, 0.15) is 5.75 Å². The summed E-state index contributed by atoms with van der Waals surface area (Å²) in [6.07, 6.45) is 6.47. The summed E-state index contributed by atoms with van der Waals surface area (Å²) in [5, 5.41) is 3.55. The minimum atomic E-state index is 0.422. The molecule has 1 fully saturated rings. The molecule has 1 saturated carbocycles. The summed E-state index contributed by atoms with van der Waals surface area (Å²) in [5.74, 6) is 2.65. The fraction of sp³-hybridized carbons (Fsp3) is 0.667. The highest BCUT2D eigenvalue weighted by Crippen LogP contribution is 2.39. The maximum Gasteiger partial charge on any atom is 0.124 e. The molecule has 3 atom stereocenters. The molecule has 2 heteroatoms. The second-order valence-corrected chi connectivity index (χ2v) is 6.18. The summed E-state index contributed by atoms with van der Waals surface area (Å²) in [5.41, 5.74) is 1.34. The van der Waals surface area contributed by atoms with Gasteiger partial charge in [0, 0.05) is 11.6 Å². The van der Waals surface area contributed by atoms with Gasteiger partial charge in [0.2, 0.25) is 0 Å². The van der Waals surface area contributed by atoms with Crippen LogP contribution in [0.1, 0.15) is 57.6 Å². The van der Waals surface area contributed by atoms with Gasteiger partial charge in [0.15, 0.2) is 0 Å². The zero-order chi connectivity index (χ0) is 14.4. The third kappa shape index (κ3) is 3.76. The monoisotopic (exact) mass is 275 g/mol. The first-order chi connectivity index (χ1) is 9.76.